The Labute approximate surface area is 459 Å². The lowest BCUT2D eigenvalue weighted by molar-refractivity contribution is -0.297. The van der Waals surface area contributed by atoms with E-state index < -0.39 is 170 Å². The fourth-order valence-electron chi connectivity index (χ4n) is 10.8. The normalized spacial score (nSPS) is 32.9. The Morgan fingerprint density at radius 2 is 1.38 bits per heavy atom. The van der Waals surface area contributed by atoms with Crippen LogP contribution in [-0.4, -0.2) is 227 Å². The Bertz CT molecular complexity index is 2250. The predicted octanol–water partition coefficient (Wildman–Crippen LogP) is -0.698. The van der Waals surface area contributed by atoms with Crippen LogP contribution in [0.1, 0.15) is 111 Å². The first-order valence-corrected chi connectivity index (χ1v) is 27.2. The number of esters is 3. The molecule has 79 heavy (non-hydrogen) atoms. The molecule has 4 aliphatic rings. The predicted molar refractivity (Wildman–Crippen MR) is 274 cm³/mol. The fourth-order valence-corrected chi connectivity index (χ4v) is 10.8. The van der Waals surface area contributed by atoms with E-state index in [1.165, 1.54) is 33.3 Å². The Morgan fingerprint density at radius 1 is 0.759 bits per heavy atom. The van der Waals surface area contributed by atoms with Crippen LogP contribution < -0.4 is 17.0 Å². The van der Waals surface area contributed by atoms with E-state index >= 15 is 0 Å². The largest absolute Gasteiger partial charge is 0.480 e. The number of hydrogen-bond acceptors (Lipinski definition) is 23. The molecule has 1 aromatic rings. The molecule has 0 bridgehead atoms. The van der Waals surface area contributed by atoms with E-state index in [4.69, 9.17) is 53.1 Å². The van der Waals surface area contributed by atoms with Gasteiger partial charge in [-0.15, -0.1) is 0 Å². The highest BCUT2D eigenvalue weighted by atomic mass is 16.7. The number of H-pyrrole nitrogens is 1. The number of carbonyl (C=O) groups excluding carboxylic acids is 4. The van der Waals surface area contributed by atoms with Crippen molar-refractivity contribution in [2.75, 3.05) is 48.5 Å². The number of aliphatic carboxylic acids is 1. The summed E-state index contributed by atoms with van der Waals surface area (Å²) in [5.41, 5.74) is 3.94. The van der Waals surface area contributed by atoms with Crippen molar-refractivity contribution in [1.82, 2.24) is 19.4 Å². The number of methoxy groups -OCH3 is 3. The number of ether oxygens (including phenoxy) is 10. The van der Waals surface area contributed by atoms with Gasteiger partial charge in [-0.1, -0.05) is 65.7 Å². The zero-order chi connectivity index (χ0) is 58.4. The number of carbonyl (C=O) groups is 5. The summed E-state index contributed by atoms with van der Waals surface area (Å²) in [4.78, 5) is 97.6. The highest BCUT2D eigenvalue weighted by molar-refractivity contribution is 5.88. The molecule has 0 spiro atoms. The van der Waals surface area contributed by atoms with Crippen LogP contribution in [0.5, 0.6) is 0 Å². The second-order valence-electron chi connectivity index (χ2n) is 21.3. The van der Waals surface area contributed by atoms with Gasteiger partial charge < -0.3 is 83.5 Å². The number of unbranched alkanes of at least 4 members (excludes halogenated alkanes) is 5. The molecule has 2 unspecified atom stereocenters. The van der Waals surface area contributed by atoms with Crippen molar-refractivity contribution in [2.24, 2.45) is 17.6 Å². The van der Waals surface area contributed by atoms with E-state index in [1.54, 1.807) is 13.8 Å². The van der Waals surface area contributed by atoms with E-state index in [2.05, 4.69) is 13.8 Å². The maximum atomic E-state index is 14.7. The van der Waals surface area contributed by atoms with Gasteiger partial charge in [0.05, 0.1) is 12.5 Å². The first-order chi connectivity index (χ1) is 37.5. The number of carboxylic acids is 1. The van der Waals surface area contributed by atoms with Crippen LogP contribution in [0.3, 0.4) is 0 Å². The van der Waals surface area contributed by atoms with E-state index in [9.17, 15) is 59.1 Å². The molecule has 5 rings (SSSR count). The van der Waals surface area contributed by atoms with Crippen molar-refractivity contribution in [2.45, 2.75) is 215 Å². The monoisotopic (exact) mass is 1130 g/mol. The van der Waals surface area contributed by atoms with E-state index in [1.807, 2.05) is 4.98 Å². The number of nitrogens with zero attached hydrogens (tertiary/aromatic N) is 3. The van der Waals surface area contributed by atoms with E-state index in [-0.39, 0.29) is 25.8 Å². The molecule has 27 nitrogen and oxygen atoms in total. The number of nitrogens with one attached hydrogen (secondary N) is 1. The third kappa shape index (κ3) is 16.8. The van der Waals surface area contributed by atoms with Gasteiger partial charge >= 0.3 is 29.6 Å². The number of aromatic amines is 1. The maximum absolute atomic E-state index is 14.7. The number of aromatic nitrogens is 2. The third-order valence-electron chi connectivity index (χ3n) is 15.4. The van der Waals surface area contributed by atoms with Crippen LogP contribution in [0.2, 0.25) is 0 Å². The van der Waals surface area contributed by atoms with E-state index in [0.29, 0.717) is 12.3 Å². The van der Waals surface area contributed by atoms with Crippen molar-refractivity contribution in [3.63, 3.8) is 0 Å². The molecule has 4 saturated heterocycles. The quantitative estimate of drug-likeness (QED) is 0.0296. The second-order valence-corrected chi connectivity index (χ2v) is 21.3. The molecule has 5 heterocycles. The number of rotatable bonds is 29. The lowest BCUT2D eigenvalue weighted by Gasteiger charge is -2.43. The number of nitrogens with two attached hydrogens (primary N) is 1. The van der Waals surface area contributed by atoms with Gasteiger partial charge in [0, 0.05) is 66.6 Å². The summed E-state index contributed by atoms with van der Waals surface area (Å²) in [6.07, 6.45) is -13.9. The Hall–Kier alpha value is -4.49. The smallest absolute Gasteiger partial charge is 0.330 e. The zero-order valence-corrected chi connectivity index (χ0v) is 46.7. The van der Waals surface area contributed by atoms with Crippen molar-refractivity contribution >= 4 is 29.8 Å². The average molecular weight is 1130 g/mol. The van der Waals surface area contributed by atoms with Gasteiger partial charge in [0.1, 0.15) is 79.3 Å². The summed E-state index contributed by atoms with van der Waals surface area (Å²) in [7, 11) is 6.87. The standard InChI is InChI=1S/C52H85N5O22/c1-10-26(2)17-15-13-11-12-14-16-18-29(74-33(59)21-27(3)22-34(60)77-51-46(72-9)45(71-8)42(70-7)28(4)73-51)23-35(61)75-31-25-55(5)37(47(66)56(6)36(31)49(67)68)43(79-50-41(65)38(62)30(24-53)76-50)44-39(63)40(64)48(78-44)57-20-19-32(58)54-52(57)69/h19-20,26-31,36-46,48,50-51,62-65H,10-18,21-25,53H2,1-9H3,(H,67,68)(H,54,58,69)/t26?,27-,28-,29-,30+,31-,36+,37-,38+,39-,40+,41+,42-,43?,44-,45+,46+,48+,50-,51-/m0/s1. The molecule has 1 amide bonds. The number of aliphatic hydroxyl groups is 4. The van der Waals surface area contributed by atoms with Crippen molar-refractivity contribution in [3.05, 3.63) is 33.1 Å². The third-order valence-corrected chi connectivity index (χ3v) is 15.4. The van der Waals surface area contributed by atoms with Gasteiger partial charge in [-0.3, -0.25) is 38.4 Å². The molecule has 450 valence electrons. The molecule has 8 N–H and O–H groups in total. The topological polar surface area (TPSA) is 366 Å². The summed E-state index contributed by atoms with van der Waals surface area (Å²) >= 11 is 0. The van der Waals surface area contributed by atoms with Crippen molar-refractivity contribution in [1.29, 1.82) is 0 Å². The Kier molecular flexibility index (Phi) is 25.2. The molecule has 4 aliphatic heterocycles. The van der Waals surface area contributed by atoms with Crippen LogP contribution in [0.15, 0.2) is 21.9 Å². The number of amides is 1. The van der Waals surface area contributed by atoms with Crippen molar-refractivity contribution < 1.29 is 96.9 Å². The summed E-state index contributed by atoms with van der Waals surface area (Å²) < 4.78 is 58.7. The van der Waals surface area contributed by atoms with Gasteiger partial charge in [-0.2, -0.15) is 0 Å². The molecule has 1 aromatic heterocycles. The minimum absolute atomic E-state index is 0.216. The second kappa shape index (κ2) is 30.5. The number of aliphatic hydroxyl groups excluding tert-OH is 4. The molecule has 0 aromatic carbocycles. The number of hydrogen-bond donors (Lipinski definition) is 7. The summed E-state index contributed by atoms with van der Waals surface area (Å²) in [5.74, 6) is -4.93. The molecule has 0 radical (unpaired) electrons. The summed E-state index contributed by atoms with van der Waals surface area (Å²) in [6, 6.07) is -2.60. The molecule has 20 atom stereocenters. The minimum atomic E-state index is -1.97. The van der Waals surface area contributed by atoms with Crippen LogP contribution in [0.4, 0.5) is 0 Å². The summed E-state index contributed by atoms with van der Waals surface area (Å²) in [5, 5.41) is 55.2. The number of likely N-dealkylation sites (N-methyl/N-ethyl adjacent to an activating group) is 2. The highest BCUT2D eigenvalue weighted by Gasteiger charge is 2.57. The molecular weight excluding hydrogens is 1050 g/mol. The fraction of sp³-hybridized carbons (Fsp3) is 0.827. The van der Waals surface area contributed by atoms with Crippen LogP contribution >= 0.6 is 0 Å². The summed E-state index contributed by atoms with van der Waals surface area (Å²) in [6.45, 7) is 6.99. The van der Waals surface area contributed by atoms with Gasteiger partial charge in [-0.05, 0) is 38.6 Å². The molecule has 0 aliphatic carbocycles. The first kappa shape index (κ1) is 65.3. The molecule has 4 fully saturated rings. The van der Waals surface area contributed by atoms with E-state index in [0.717, 1.165) is 73.7 Å². The number of carboxylic acid groups (broad SMARTS) is 1. The average Bonchev–Trinajstić information content (AvgIpc) is 3.83. The van der Waals surface area contributed by atoms with Gasteiger partial charge in [-0.25, -0.2) is 9.59 Å². The molecule has 0 saturated carbocycles. The van der Waals surface area contributed by atoms with Crippen LogP contribution in [-0.2, 0) is 71.3 Å². The maximum Gasteiger partial charge on any atom is 0.330 e. The minimum Gasteiger partial charge on any atom is -0.480 e. The first-order valence-electron chi connectivity index (χ1n) is 27.2. The van der Waals surface area contributed by atoms with Crippen molar-refractivity contribution in [3.8, 4) is 0 Å². The lowest BCUT2D eigenvalue weighted by Crippen LogP contribution is -2.59. The van der Waals surface area contributed by atoms with Gasteiger partial charge in [0.15, 0.2) is 18.6 Å². The van der Waals surface area contributed by atoms with Gasteiger partial charge in [0.2, 0.25) is 12.2 Å². The Balaban J connectivity index is 1.33. The van der Waals surface area contributed by atoms with Crippen LogP contribution in [0.25, 0.3) is 0 Å². The molecule has 27 heteroatoms. The Morgan fingerprint density at radius 3 is 1.97 bits per heavy atom. The van der Waals surface area contributed by atoms with Gasteiger partial charge in [0.25, 0.3) is 5.56 Å². The SMILES string of the molecule is CCC(C)CCCCCCCC[C@@H](CC(=O)O[C@H]1CN(C)[C@@H](C(O[C@@H]2O[C@H](CN)[C@@H](O)[C@H]2O)[C@H]2O[C@@H](n3ccc(=O)[nH]c3=O)[C@H](O)[C@@H]2O)C(=O)N(C)[C@H]1C(=O)O)OC(=O)C[C@H](C)CC(=O)O[C@@H]1O[C@@H](C)[C@H](OC)[C@@H](OC)[C@H]1OC. The highest BCUT2D eigenvalue weighted by Crippen LogP contribution is 2.37. The van der Waals surface area contributed by atoms with Crippen LogP contribution in [0, 0.1) is 11.8 Å². The molecular formula is C52H85N5O22. The lowest BCUT2D eigenvalue weighted by atomic mass is 9.97. The zero-order valence-electron chi connectivity index (χ0n) is 46.7.